The monoisotopic (exact) mass is 442 g/mol. The van der Waals surface area contributed by atoms with Gasteiger partial charge in [0.05, 0.1) is 18.7 Å². The summed E-state index contributed by atoms with van der Waals surface area (Å²) in [4.78, 5) is 26.3. The lowest BCUT2D eigenvalue weighted by Gasteiger charge is -2.40. The summed E-state index contributed by atoms with van der Waals surface area (Å²) in [5.74, 6) is -0.301. The van der Waals surface area contributed by atoms with E-state index < -0.39 is 0 Å². The molecule has 1 heterocycles. The number of hydrogen-bond donors (Lipinski definition) is 1. The lowest BCUT2D eigenvalue weighted by Crippen LogP contribution is -2.43. The number of rotatable bonds is 4. The molecule has 0 saturated heterocycles. The number of ether oxygens (including phenoxy) is 1. The highest BCUT2D eigenvalue weighted by molar-refractivity contribution is 5.94. The van der Waals surface area contributed by atoms with Crippen LogP contribution in [0, 0.1) is 13.8 Å². The molecular formula is C28H30N2O3. The zero-order chi connectivity index (χ0) is 23.7. The van der Waals surface area contributed by atoms with Crippen molar-refractivity contribution in [3.05, 3.63) is 82.9 Å². The van der Waals surface area contributed by atoms with Crippen LogP contribution >= 0.6 is 0 Å². The fourth-order valence-corrected chi connectivity index (χ4v) is 4.74. The average molecular weight is 443 g/mol. The van der Waals surface area contributed by atoms with Crippen molar-refractivity contribution in [3.8, 4) is 11.1 Å². The normalized spacial score (nSPS) is 17.3. The van der Waals surface area contributed by atoms with Crippen LogP contribution in [0.3, 0.4) is 0 Å². The van der Waals surface area contributed by atoms with Gasteiger partial charge >= 0.3 is 5.97 Å². The number of carbonyl (C=O) groups excluding carboxylic acids is 2. The van der Waals surface area contributed by atoms with Crippen molar-refractivity contribution in [1.82, 2.24) is 0 Å². The van der Waals surface area contributed by atoms with Crippen molar-refractivity contribution in [3.63, 3.8) is 0 Å². The van der Waals surface area contributed by atoms with E-state index in [1.807, 2.05) is 24.0 Å². The Morgan fingerprint density at radius 3 is 2.42 bits per heavy atom. The third-order valence-electron chi connectivity index (χ3n) is 6.35. The highest BCUT2D eigenvalue weighted by Crippen LogP contribution is 2.41. The summed E-state index contributed by atoms with van der Waals surface area (Å²) in [6, 6.07) is 20.4. The van der Waals surface area contributed by atoms with Gasteiger partial charge in [-0.15, -0.1) is 0 Å². The van der Waals surface area contributed by atoms with Crippen molar-refractivity contribution in [2.24, 2.45) is 0 Å². The molecular weight excluding hydrogens is 412 g/mol. The molecule has 3 aromatic carbocycles. The maximum Gasteiger partial charge on any atom is 0.337 e. The van der Waals surface area contributed by atoms with Gasteiger partial charge in [0, 0.05) is 24.3 Å². The number of nitrogens with one attached hydrogen (secondary N) is 1. The molecule has 170 valence electrons. The number of amides is 1. The quantitative estimate of drug-likeness (QED) is 0.499. The van der Waals surface area contributed by atoms with E-state index in [1.165, 1.54) is 12.7 Å². The summed E-state index contributed by atoms with van der Waals surface area (Å²) in [6.07, 6.45) is 0.780. The fraction of sp³-hybridized carbons (Fsp3) is 0.286. The molecule has 5 heteroatoms. The maximum absolute atomic E-state index is 12.5. The summed E-state index contributed by atoms with van der Waals surface area (Å²) in [5, 5.41) is 3.68. The number of nitrogens with zero attached hydrogens (tertiary/aromatic N) is 1. The van der Waals surface area contributed by atoms with Gasteiger partial charge in [-0.25, -0.2) is 4.79 Å². The number of benzene rings is 3. The molecule has 0 radical (unpaired) electrons. The zero-order valence-corrected chi connectivity index (χ0v) is 19.8. The number of anilines is 2. The highest BCUT2D eigenvalue weighted by Gasteiger charge is 2.33. The Bertz CT molecular complexity index is 1220. The van der Waals surface area contributed by atoms with Gasteiger partial charge in [0.2, 0.25) is 5.91 Å². The van der Waals surface area contributed by atoms with Gasteiger partial charge in [-0.2, -0.15) is 0 Å². The van der Waals surface area contributed by atoms with E-state index in [1.54, 1.807) is 13.0 Å². The fourth-order valence-electron chi connectivity index (χ4n) is 4.74. The Morgan fingerprint density at radius 2 is 1.76 bits per heavy atom. The Balaban J connectivity index is 1.75. The first-order chi connectivity index (χ1) is 15.8. The zero-order valence-electron chi connectivity index (χ0n) is 19.8. The predicted molar refractivity (Wildman–Crippen MR) is 133 cm³/mol. The second kappa shape index (κ2) is 9.10. The smallest absolute Gasteiger partial charge is 0.337 e. The molecule has 1 amide bonds. The van der Waals surface area contributed by atoms with Gasteiger partial charge in [0.15, 0.2) is 0 Å². The lowest BCUT2D eigenvalue weighted by atomic mass is 9.88. The van der Waals surface area contributed by atoms with E-state index in [4.69, 9.17) is 4.74 Å². The van der Waals surface area contributed by atoms with Crippen LogP contribution in [0.2, 0.25) is 0 Å². The molecule has 0 aromatic heterocycles. The first kappa shape index (κ1) is 22.6. The molecule has 0 bridgehead atoms. The van der Waals surface area contributed by atoms with E-state index in [9.17, 15) is 9.59 Å². The summed E-state index contributed by atoms with van der Waals surface area (Å²) in [6.45, 7) is 7.78. The number of carbonyl (C=O) groups is 2. The Kier molecular flexibility index (Phi) is 6.23. The molecule has 0 aliphatic carbocycles. The molecule has 1 aliphatic heterocycles. The third kappa shape index (κ3) is 4.49. The summed E-state index contributed by atoms with van der Waals surface area (Å²) < 4.78 is 4.84. The van der Waals surface area contributed by atoms with Gasteiger partial charge in [-0.3, -0.25) is 4.79 Å². The van der Waals surface area contributed by atoms with Crippen LogP contribution in [0.4, 0.5) is 11.4 Å². The molecule has 3 aromatic rings. The standard InChI is InChI=1S/C28H30N2O3/c1-17-7-6-8-21(13-17)22-10-12-27-24(16-22)26(15-19(3)30(27)20(4)31)29-25-11-9-23(14-18(25)2)28(32)33-5/h6-14,16,19,26,29H,15H2,1-5H3/t19-,26+/m0/s1. The van der Waals surface area contributed by atoms with Crippen molar-refractivity contribution in [2.75, 3.05) is 17.3 Å². The Morgan fingerprint density at radius 1 is 1.00 bits per heavy atom. The topological polar surface area (TPSA) is 58.6 Å². The van der Waals surface area contributed by atoms with Crippen LogP contribution in [-0.2, 0) is 9.53 Å². The number of aryl methyl sites for hydroxylation is 2. The molecule has 1 aliphatic rings. The Labute approximate surface area is 195 Å². The molecule has 0 fully saturated rings. The number of fused-ring (bicyclic) bond motifs is 1. The molecule has 5 nitrogen and oxygen atoms in total. The summed E-state index contributed by atoms with van der Waals surface area (Å²) >= 11 is 0. The molecule has 0 spiro atoms. The van der Waals surface area contributed by atoms with E-state index in [0.29, 0.717) is 5.56 Å². The first-order valence-corrected chi connectivity index (χ1v) is 11.2. The minimum absolute atomic E-state index is 0.0260. The molecule has 1 N–H and O–H groups in total. The van der Waals surface area contributed by atoms with Gasteiger partial charge in [0.1, 0.15) is 0 Å². The summed E-state index contributed by atoms with van der Waals surface area (Å²) in [7, 11) is 1.39. The third-order valence-corrected chi connectivity index (χ3v) is 6.35. The highest BCUT2D eigenvalue weighted by atomic mass is 16.5. The minimum atomic E-state index is -0.346. The van der Waals surface area contributed by atoms with Gasteiger partial charge in [0.25, 0.3) is 0 Å². The molecule has 0 unspecified atom stereocenters. The SMILES string of the molecule is COC(=O)c1ccc(N[C@@H]2C[C@H](C)N(C(C)=O)c3ccc(-c4cccc(C)c4)cc32)c(C)c1. The second-order valence-electron chi connectivity index (χ2n) is 8.84. The second-order valence-corrected chi connectivity index (χ2v) is 8.84. The van der Waals surface area contributed by atoms with Crippen LogP contribution in [0.15, 0.2) is 60.7 Å². The Hall–Kier alpha value is -3.60. The van der Waals surface area contributed by atoms with Crippen LogP contribution in [-0.4, -0.2) is 25.0 Å². The van der Waals surface area contributed by atoms with Crippen molar-refractivity contribution >= 4 is 23.3 Å². The average Bonchev–Trinajstić information content (AvgIpc) is 2.79. The minimum Gasteiger partial charge on any atom is -0.465 e. The molecule has 4 rings (SSSR count). The molecule has 0 saturated carbocycles. The van der Waals surface area contributed by atoms with Crippen LogP contribution < -0.4 is 10.2 Å². The van der Waals surface area contributed by atoms with Gasteiger partial charge in [-0.1, -0.05) is 35.9 Å². The number of esters is 1. The van der Waals surface area contributed by atoms with Crippen molar-refractivity contribution < 1.29 is 14.3 Å². The van der Waals surface area contributed by atoms with Crippen LogP contribution in [0.1, 0.15) is 53.4 Å². The van der Waals surface area contributed by atoms with E-state index >= 15 is 0 Å². The van der Waals surface area contributed by atoms with Crippen LogP contribution in [0.25, 0.3) is 11.1 Å². The summed E-state index contributed by atoms with van der Waals surface area (Å²) in [5.41, 5.74) is 7.99. The van der Waals surface area contributed by atoms with E-state index in [0.717, 1.165) is 40.0 Å². The lowest BCUT2D eigenvalue weighted by molar-refractivity contribution is -0.117. The largest absolute Gasteiger partial charge is 0.465 e. The van der Waals surface area contributed by atoms with E-state index in [2.05, 4.69) is 61.6 Å². The van der Waals surface area contributed by atoms with Crippen molar-refractivity contribution in [2.45, 2.75) is 46.2 Å². The predicted octanol–water partition coefficient (Wildman–Crippen LogP) is 6.06. The first-order valence-electron chi connectivity index (χ1n) is 11.2. The maximum atomic E-state index is 12.5. The van der Waals surface area contributed by atoms with Gasteiger partial charge < -0.3 is 15.0 Å². The van der Waals surface area contributed by atoms with E-state index in [-0.39, 0.29) is 24.0 Å². The van der Waals surface area contributed by atoms with Crippen molar-refractivity contribution in [1.29, 1.82) is 0 Å². The number of methoxy groups -OCH3 is 1. The van der Waals surface area contributed by atoms with Crippen LogP contribution in [0.5, 0.6) is 0 Å². The molecule has 2 atom stereocenters. The molecule has 33 heavy (non-hydrogen) atoms. The van der Waals surface area contributed by atoms with Gasteiger partial charge in [-0.05, 0) is 79.8 Å². The number of hydrogen-bond acceptors (Lipinski definition) is 4.